The van der Waals surface area contributed by atoms with E-state index in [1.807, 2.05) is 31.2 Å². The lowest BCUT2D eigenvalue weighted by atomic mass is 10.1. The van der Waals surface area contributed by atoms with Crippen molar-refractivity contribution in [1.82, 2.24) is 0 Å². The monoisotopic (exact) mass is 223 g/mol. The quantitative estimate of drug-likeness (QED) is 0.761. The van der Waals surface area contributed by atoms with E-state index < -0.39 is 5.97 Å². The van der Waals surface area contributed by atoms with E-state index in [2.05, 4.69) is 4.74 Å². The van der Waals surface area contributed by atoms with E-state index in [-0.39, 0.29) is 12.6 Å². The molecular weight excluding hydrogens is 206 g/mol. The third-order valence-electron chi connectivity index (χ3n) is 2.25. The van der Waals surface area contributed by atoms with Crippen molar-refractivity contribution in [3.05, 3.63) is 35.4 Å². The third kappa shape index (κ3) is 4.00. The average molecular weight is 223 g/mol. The van der Waals surface area contributed by atoms with E-state index >= 15 is 0 Å². The van der Waals surface area contributed by atoms with Crippen LogP contribution in [0.5, 0.6) is 0 Å². The van der Waals surface area contributed by atoms with Gasteiger partial charge in [-0.1, -0.05) is 29.8 Å². The van der Waals surface area contributed by atoms with Crippen molar-refractivity contribution in [2.45, 2.75) is 13.0 Å². The Labute approximate surface area is 95.3 Å². The zero-order valence-corrected chi connectivity index (χ0v) is 9.60. The Morgan fingerprint density at radius 3 is 2.56 bits per heavy atom. The summed E-state index contributed by atoms with van der Waals surface area (Å²) in [5.41, 5.74) is 8.08. The number of methoxy groups -OCH3 is 1. The Balaban J connectivity index is 2.37. The molecule has 0 saturated carbocycles. The molecule has 1 atom stereocenters. The fourth-order valence-electron chi connectivity index (χ4n) is 1.24. The molecule has 1 rings (SSSR count). The Morgan fingerprint density at radius 1 is 1.38 bits per heavy atom. The highest BCUT2D eigenvalue weighted by atomic mass is 16.6. The van der Waals surface area contributed by atoms with Gasteiger partial charge in [0, 0.05) is 0 Å². The highest BCUT2D eigenvalue weighted by Gasteiger charge is 2.07. The van der Waals surface area contributed by atoms with Gasteiger partial charge in [-0.2, -0.15) is 0 Å². The summed E-state index contributed by atoms with van der Waals surface area (Å²) in [6.45, 7) is 2.26. The predicted octanol–water partition coefficient (Wildman–Crippen LogP) is 1.18. The largest absolute Gasteiger partial charge is 0.467 e. The zero-order chi connectivity index (χ0) is 12.0. The molecule has 4 heteroatoms. The molecule has 0 radical (unpaired) electrons. The molecular formula is C12H17NO3. The Bertz CT molecular complexity index is 335. The summed E-state index contributed by atoms with van der Waals surface area (Å²) in [7, 11) is 1.32. The molecule has 0 aliphatic carbocycles. The van der Waals surface area contributed by atoms with Crippen LogP contribution in [0.1, 0.15) is 17.2 Å². The summed E-state index contributed by atoms with van der Waals surface area (Å²) in [5.74, 6) is -0.392. The summed E-state index contributed by atoms with van der Waals surface area (Å²) in [5, 5.41) is 0. The summed E-state index contributed by atoms with van der Waals surface area (Å²) < 4.78 is 9.58. The summed E-state index contributed by atoms with van der Waals surface area (Å²) in [6.07, 6.45) is 0. The Hall–Kier alpha value is -1.39. The standard InChI is InChI=1S/C12H17NO3/c1-9-3-5-10(6-4-9)11(13)7-16-8-12(14)15-2/h3-6,11H,7-8,13H2,1-2H3. The number of hydrogen-bond donors (Lipinski definition) is 1. The number of esters is 1. The normalized spacial score (nSPS) is 12.2. The minimum atomic E-state index is -0.392. The van der Waals surface area contributed by atoms with Crippen molar-refractivity contribution >= 4 is 5.97 Å². The van der Waals surface area contributed by atoms with Gasteiger partial charge in [0.1, 0.15) is 6.61 Å². The van der Waals surface area contributed by atoms with Crippen molar-refractivity contribution in [3.63, 3.8) is 0 Å². The smallest absolute Gasteiger partial charge is 0.331 e. The average Bonchev–Trinajstić information content (AvgIpc) is 2.29. The summed E-state index contributed by atoms with van der Waals surface area (Å²) in [6, 6.07) is 7.69. The molecule has 88 valence electrons. The fourth-order valence-corrected chi connectivity index (χ4v) is 1.24. The van der Waals surface area contributed by atoms with Crippen molar-refractivity contribution in [2.75, 3.05) is 20.3 Å². The van der Waals surface area contributed by atoms with Crippen LogP contribution in [0.15, 0.2) is 24.3 Å². The highest BCUT2D eigenvalue weighted by molar-refractivity contribution is 5.70. The molecule has 0 aromatic heterocycles. The van der Waals surface area contributed by atoms with E-state index in [1.54, 1.807) is 0 Å². The molecule has 0 fully saturated rings. The maximum atomic E-state index is 10.8. The van der Waals surface area contributed by atoms with Gasteiger partial charge in [0.15, 0.2) is 0 Å². The minimum Gasteiger partial charge on any atom is -0.467 e. The van der Waals surface area contributed by atoms with Gasteiger partial charge >= 0.3 is 5.97 Å². The Kier molecular flexibility index (Phi) is 4.95. The highest BCUT2D eigenvalue weighted by Crippen LogP contribution is 2.11. The second kappa shape index (κ2) is 6.25. The van der Waals surface area contributed by atoms with Gasteiger partial charge in [0.25, 0.3) is 0 Å². The number of benzene rings is 1. The molecule has 1 unspecified atom stereocenters. The van der Waals surface area contributed by atoms with Crippen molar-refractivity contribution in [2.24, 2.45) is 5.73 Å². The third-order valence-corrected chi connectivity index (χ3v) is 2.25. The van der Waals surface area contributed by atoms with Crippen LogP contribution in [-0.4, -0.2) is 26.3 Å². The SMILES string of the molecule is COC(=O)COCC(N)c1ccc(C)cc1. The van der Waals surface area contributed by atoms with E-state index in [0.717, 1.165) is 5.56 Å². The van der Waals surface area contributed by atoms with Crippen LogP contribution in [0.3, 0.4) is 0 Å². The van der Waals surface area contributed by atoms with Gasteiger partial charge in [-0.05, 0) is 12.5 Å². The van der Waals surface area contributed by atoms with Crippen LogP contribution in [0, 0.1) is 6.92 Å². The number of carbonyl (C=O) groups excluding carboxylic acids is 1. The zero-order valence-electron chi connectivity index (χ0n) is 9.60. The van der Waals surface area contributed by atoms with Crippen LogP contribution < -0.4 is 5.73 Å². The predicted molar refractivity (Wildman–Crippen MR) is 60.9 cm³/mol. The number of nitrogens with two attached hydrogens (primary N) is 1. The van der Waals surface area contributed by atoms with E-state index in [4.69, 9.17) is 10.5 Å². The molecule has 0 amide bonds. The molecule has 0 bridgehead atoms. The van der Waals surface area contributed by atoms with Crippen molar-refractivity contribution in [1.29, 1.82) is 0 Å². The summed E-state index contributed by atoms with van der Waals surface area (Å²) >= 11 is 0. The van der Waals surface area contributed by atoms with Gasteiger partial charge in [-0.25, -0.2) is 4.79 Å². The number of rotatable bonds is 5. The first-order valence-electron chi connectivity index (χ1n) is 5.10. The molecule has 16 heavy (non-hydrogen) atoms. The van der Waals surface area contributed by atoms with Crippen molar-refractivity contribution in [3.8, 4) is 0 Å². The van der Waals surface area contributed by atoms with E-state index in [9.17, 15) is 4.79 Å². The molecule has 1 aromatic carbocycles. The topological polar surface area (TPSA) is 61.5 Å². The van der Waals surface area contributed by atoms with Gasteiger partial charge in [-0.15, -0.1) is 0 Å². The second-order valence-electron chi connectivity index (χ2n) is 3.61. The number of hydrogen-bond acceptors (Lipinski definition) is 4. The van der Waals surface area contributed by atoms with Crippen LogP contribution in [0.4, 0.5) is 0 Å². The molecule has 0 aliphatic rings. The lowest BCUT2D eigenvalue weighted by molar-refractivity contribution is -0.146. The number of aryl methyl sites for hydroxylation is 1. The Morgan fingerprint density at radius 2 is 2.00 bits per heavy atom. The van der Waals surface area contributed by atoms with E-state index in [1.165, 1.54) is 12.7 Å². The molecule has 0 aliphatic heterocycles. The number of carbonyl (C=O) groups is 1. The number of ether oxygens (including phenoxy) is 2. The van der Waals surface area contributed by atoms with Crippen LogP contribution in [-0.2, 0) is 14.3 Å². The van der Waals surface area contributed by atoms with Gasteiger partial charge in [-0.3, -0.25) is 0 Å². The minimum absolute atomic E-state index is 0.0595. The first-order valence-corrected chi connectivity index (χ1v) is 5.10. The maximum absolute atomic E-state index is 10.8. The molecule has 0 saturated heterocycles. The maximum Gasteiger partial charge on any atom is 0.331 e. The van der Waals surface area contributed by atoms with Crippen LogP contribution in [0.25, 0.3) is 0 Å². The van der Waals surface area contributed by atoms with Crippen molar-refractivity contribution < 1.29 is 14.3 Å². The molecule has 0 heterocycles. The summed E-state index contributed by atoms with van der Waals surface area (Å²) in [4.78, 5) is 10.8. The lowest BCUT2D eigenvalue weighted by Crippen LogP contribution is -2.20. The fraction of sp³-hybridized carbons (Fsp3) is 0.417. The molecule has 2 N–H and O–H groups in total. The van der Waals surface area contributed by atoms with Gasteiger partial charge < -0.3 is 15.2 Å². The first-order chi connectivity index (χ1) is 7.63. The molecule has 4 nitrogen and oxygen atoms in total. The van der Waals surface area contributed by atoms with Crippen LogP contribution >= 0.6 is 0 Å². The second-order valence-corrected chi connectivity index (χ2v) is 3.61. The van der Waals surface area contributed by atoms with Gasteiger partial charge in [0.2, 0.25) is 0 Å². The molecule has 0 spiro atoms. The molecule has 1 aromatic rings. The van der Waals surface area contributed by atoms with E-state index in [0.29, 0.717) is 6.61 Å². The first kappa shape index (κ1) is 12.7. The van der Waals surface area contributed by atoms with Crippen LogP contribution in [0.2, 0.25) is 0 Å². The van der Waals surface area contributed by atoms with Gasteiger partial charge in [0.05, 0.1) is 19.8 Å². The lowest BCUT2D eigenvalue weighted by Gasteiger charge is -2.12.